The molecule has 1 saturated heterocycles. The summed E-state index contributed by atoms with van der Waals surface area (Å²) < 4.78 is 2.37. The maximum Gasteiger partial charge on any atom is 0.332 e. The number of piperazine rings is 1. The summed E-state index contributed by atoms with van der Waals surface area (Å²) in [5, 5.41) is 13.9. The van der Waals surface area contributed by atoms with Crippen LogP contribution in [0.4, 0.5) is 0 Å². The standard InChI is InChI=1S/C7H8N4O2.C4H10N2.C2H4O2/c1-10-5-4(8-3-9-5)6(12)11(2)7(10)13;1-2-6-4-3-5-1;1-2(3)4/h3H,1-2H3,(H,8,9);5-6H,1-4H2;1H3,(H,3,4). The molecule has 0 radical (unpaired) electrons. The maximum atomic E-state index is 11.4. The van der Waals surface area contributed by atoms with Gasteiger partial charge in [0.2, 0.25) is 0 Å². The van der Waals surface area contributed by atoms with Gasteiger partial charge in [0.25, 0.3) is 11.5 Å². The van der Waals surface area contributed by atoms with E-state index in [1.807, 2.05) is 0 Å². The number of carboxylic acids is 1. The molecule has 23 heavy (non-hydrogen) atoms. The minimum absolute atomic E-state index is 0.351. The van der Waals surface area contributed by atoms with E-state index < -0.39 is 5.97 Å². The van der Waals surface area contributed by atoms with E-state index in [1.165, 1.54) is 17.9 Å². The highest BCUT2D eigenvalue weighted by atomic mass is 16.4. The highest BCUT2D eigenvalue weighted by Gasteiger charge is 2.08. The molecule has 128 valence electrons. The topological polar surface area (TPSA) is 134 Å². The van der Waals surface area contributed by atoms with Crippen molar-refractivity contribution in [2.75, 3.05) is 26.2 Å². The van der Waals surface area contributed by atoms with Gasteiger partial charge in [0, 0.05) is 47.2 Å². The number of carboxylic acid groups (broad SMARTS) is 1. The average molecular weight is 326 g/mol. The number of aromatic nitrogens is 4. The molecule has 10 nitrogen and oxygen atoms in total. The second-order valence-corrected chi connectivity index (χ2v) is 4.83. The van der Waals surface area contributed by atoms with Crippen molar-refractivity contribution in [2.45, 2.75) is 6.92 Å². The number of fused-ring (bicyclic) bond motifs is 1. The quantitative estimate of drug-likeness (QED) is 0.450. The third-order valence-corrected chi connectivity index (χ3v) is 2.99. The van der Waals surface area contributed by atoms with Crippen LogP contribution >= 0.6 is 0 Å². The number of aliphatic carboxylic acids is 1. The molecule has 3 rings (SSSR count). The minimum Gasteiger partial charge on any atom is -0.481 e. The Morgan fingerprint density at radius 1 is 1.13 bits per heavy atom. The Morgan fingerprint density at radius 3 is 2.04 bits per heavy atom. The number of hydrogen-bond acceptors (Lipinski definition) is 6. The van der Waals surface area contributed by atoms with Crippen molar-refractivity contribution in [1.82, 2.24) is 29.7 Å². The van der Waals surface area contributed by atoms with E-state index in [9.17, 15) is 9.59 Å². The van der Waals surface area contributed by atoms with Crippen molar-refractivity contribution < 1.29 is 9.90 Å². The Labute approximate surface area is 132 Å². The lowest BCUT2D eigenvalue weighted by Crippen LogP contribution is -2.39. The first-order valence-electron chi connectivity index (χ1n) is 7.06. The van der Waals surface area contributed by atoms with Crippen LogP contribution in [0.3, 0.4) is 0 Å². The summed E-state index contributed by atoms with van der Waals surface area (Å²) in [4.78, 5) is 38.4. The van der Waals surface area contributed by atoms with E-state index in [0.29, 0.717) is 11.2 Å². The highest BCUT2D eigenvalue weighted by Crippen LogP contribution is 1.97. The van der Waals surface area contributed by atoms with Gasteiger partial charge in [-0.15, -0.1) is 0 Å². The third kappa shape index (κ3) is 5.34. The van der Waals surface area contributed by atoms with E-state index >= 15 is 0 Å². The number of imidazole rings is 1. The van der Waals surface area contributed by atoms with Gasteiger partial charge in [-0.25, -0.2) is 9.78 Å². The summed E-state index contributed by atoms with van der Waals surface area (Å²) in [6.45, 7) is 5.64. The smallest absolute Gasteiger partial charge is 0.332 e. The Bertz CT molecular complexity index is 740. The molecule has 0 amide bonds. The number of carbonyl (C=O) groups is 1. The molecule has 10 heteroatoms. The largest absolute Gasteiger partial charge is 0.481 e. The summed E-state index contributed by atoms with van der Waals surface area (Å²) in [6.07, 6.45) is 1.39. The van der Waals surface area contributed by atoms with Gasteiger partial charge in [0.15, 0.2) is 5.65 Å². The fraction of sp³-hybridized carbons (Fsp3) is 0.538. The number of nitrogens with zero attached hydrogens (tertiary/aromatic N) is 3. The van der Waals surface area contributed by atoms with Gasteiger partial charge in [-0.3, -0.25) is 18.7 Å². The molecule has 3 heterocycles. The van der Waals surface area contributed by atoms with Crippen molar-refractivity contribution in [1.29, 1.82) is 0 Å². The lowest BCUT2D eigenvalue weighted by molar-refractivity contribution is -0.134. The van der Waals surface area contributed by atoms with Gasteiger partial charge in [-0.2, -0.15) is 0 Å². The van der Waals surface area contributed by atoms with Crippen LogP contribution in [0.15, 0.2) is 15.9 Å². The number of hydrogen-bond donors (Lipinski definition) is 4. The lowest BCUT2D eigenvalue weighted by Gasteiger charge is -2.11. The van der Waals surface area contributed by atoms with E-state index in [-0.39, 0.29) is 11.2 Å². The molecular weight excluding hydrogens is 304 g/mol. The molecule has 1 fully saturated rings. The summed E-state index contributed by atoms with van der Waals surface area (Å²) in [7, 11) is 3.01. The number of aromatic amines is 1. The van der Waals surface area contributed by atoms with E-state index in [2.05, 4.69) is 20.6 Å². The molecule has 4 N–H and O–H groups in total. The zero-order valence-electron chi connectivity index (χ0n) is 13.4. The maximum absolute atomic E-state index is 11.4. The van der Waals surface area contributed by atoms with Crippen LogP contribution < -0.4 is 21.9 Å². The Kier molecular flexibility index (Phi) is 7.16. The zero-order chi connectivity index (χ0) is 17.4. The predicted octanol–water partition coefficient (Wildman–Crippen LogP) is -1.77. The van der Waals surface area contributed by atoms with Crippen molar-refractivity contribution in [3.63, 3.8) is 0 Å². The number of aryl methyl sites for hydroxylation is 1. The molecule has 2 aromatic rings. The summed E-state index contributed by atoms with van der Waals surface area (Å²) in [6, 6.07) is 0. The SMILES string of the molecule is C1CNCCN1.CC(=O)O.Cn1c(=O)c2[nH]cnc2n(C)c1=O. The monoisotopic (exact) mass is 326 g/mol. The van der Waals surface area contributed by atoms with E-state index in [1.54, 1.807) is 7.05 Å². The third-order valence-electron chi connectivity index (χ3n) is 2.99. The van der Waals surface area contributed by atoms with E-state index in [4.69, 9.17) is 9.90 Å². The average Bonchev–Trinajstić information content (AvgIpc) is 3.02. The molecular formula is C13H22N6O4. The molecule has 0 aromatic carbocycles. The Hall–Kier alpha value is -2.46. The second kappa shape index (κ2) is 8.86. The second-order valence-electron chi connectivity index (χ2n) is 4.83. The lowest BCUT2D eigenvalue weighted by atomic mass is 10.4. The summed E-state index contributed by atoms with van der Waals surface area (Å²) >= 11 is 0. The molecule has 0 spiro atoms. The first-order chi connectivity index (χ1) is 10.9. The molecule has 2 aromatic heterocycles. The van der Waals surface area contributed by atoms with Crippen molar-refractivity contribution in [3.05, 3.63) is 27.2 Å². The summed E-state index contributed by atoms with van der Waals surface area (Å²) in [5.74, 6) is -0.833. The minimum atomic E-state index is -0.833. The van der Waals surface area contributed by atoms with Crippen LogP contribution in [0.2, 0.25) is 0 Å². The summed E-state index contributed by atoms with van der Waals surface area (Å²) in [5.41, 5.74) is 0.0119. The van der Waals surface area contributed by atoms with Crippen molar-refractivity contribution in [2.24, 2.45) is 14.1 Å². The fourth-order valence-electron chi connectivity index (χ4n) is 1.87. The van der Waals surface area contributed by atoms with Gasteiger partial charge < -0.3 is 20.7 Å². The van der Waals surface area contributed by atoms with Crippen molar-refractivity contribution >= 4 is 17.1 Å². The Balaban J connectivity index is 0.000000220. The van der Waals surface area contributed by atoms with Crippen LogP contribution in [0, 0.1) is 0 Å². The molecule has 0 saturated carbocycles. The number of nitrogens with one attached hydrogen (secondary N) is 3. The molecule has 0 atom stereocenters. The van der Waals surface area contributed by atoms with Crippen LogP contribution in [0.1, 0.15) is 6.92 Å². The fourth-order valence-corrected chi connectivity index (χ4v) is 1.87. The van der Waals surface area contributed by atoms with Crippen molar-refractivity contribution in [3.8, 4) is 0 Å². The van der Waals surface area contributed by atoms with Crippen LogP contribution in [0.5, 0.6) is 0 Å². The molecule has 1 aliphatic heterocycles. The molecule has 0 unspecified atom stereocenters. The number of H-pyrrole nitrogens is 1. The molecule has 1 aliphatic rings. The van der Waals surface area contributed by atoms with Crippen LogP contribution in [-0.2, 0) is 18.9 Å². The number of rotatable bonds is 0. The normalized spacial score (nSPS) is 13.5. The van der Waals surface area contributed by atoms with E-state index in [0.717, 1.165) is 37.7 Å². The van der Waals surface area contributed by atoms with Crippen LogP contribution in [-0.4, -0.2) is 56.4 Å². The first kappa shape index (κ1) is 18.6. The Morgan fingerprint density at radius 2 is 1.61 bits per heavy atom. The van der Waals surface area contributed by atoms with Gasteiger partial charge in [0.05, 0.1) is 6.33 Å². The highest BCUT2D eigenvalue weighted by molar-refractivity contribution is 5.68. The van der Waals surface area contributed by atoms with Gasteiger partial charge in [-0.1, -0.05) is 0 Å². The van der Waals surface area contributed by atoms with Gasteiger partial charge in [0.1, 0.15) is 5.52 Å². The first-order valence-corrected chi connectivity index (χ1v) is 7.06. The van der Waals surface area contributed by atoms with Gasteiger partial charge in [-0.05, 0) is 0 Å². The van der Waals surface area contributed by atoms with Crippen LogP contribution in [0.25, 0.3) is 11.2 Å². The molecule has 0 bridgehead atoms. The predicted molar refractivity (Wildman–Crippen MR) is 85.6 cm³/mol. The van der Waals surface area contributed by atoms with Gasteiger partial charge >= 0.3 is 5.69 Å². The molecule has 0 aliphatic carbocycles. The zero-order valence-corrected chi connectivity index (χ0v) is 13.4.